The van der Waals surface area contributed by atoms with Gasteiger partial charge in [-0.1, -0.05) is 48.9 Å². The highest BCUT2D eigenvalue weighted by Crippen LogP contribution is 2.41. The van der Waals surface area contributed by atoms with E-state index in [1.165, 1.54) is 18.2 Å². The van der Waals surface area contributed by atoms with E-state index >= 15 is 0 Å². The molecule has 0 spiro atoms. The van der Waals surface area contributed by atoms with Crippen LogP contribution in [0.1, 0.15) is 35.7 Å². The molecule has 7 nitrogen and oxygen atoms in total. The number of carbonyl (C=O) groups excluding carboxylic acids is 2. The summed E-state index contributed by atoms with van der Waals surface area (Å²) in [6.45, 7) is 5.38. The molecule has 3 aliphatic rings. The van der Waals surface area contributed by atoms with Crippen molar-refractivity contribution in [1.82, 2.24) is 14.7 Å². The van der Waals surface area contributed by atoms with Gasteiger partial charge in [0.1, 0.15) is 0 Å². The second-order valence-corrected chi connectivity index (χ2v) is 11.3. The highest BCUT2D eigenvalue weighted by molar-refractivity contribution is 6.34. The number of halogens is 4. The minimum Gasteiger partial charge on any atom is -0.380 e. The van der Waals surface area contributed by atoms with Gasteiger partial charge in [-0.2, -0.15) is 13.2 Å². The van der Waals surface area contributed by atoms with Crippen molar-refractivity contribution in [2.45, 2.75) is 43.6 Å². The van der Waals surface area contributed by atoms with Gasteiger partial charge in [0, 0.05) is 56.6 Å². The normalized spacial score (nSPS) is 21.2. The molecule has 0 radical (unpaired) electrons. The van der Waals surface area contributed by atoms with E-state index in [2.05, 4.69) is 17.1 Å². The van der Waals surface area contributed by atoms with Crippen molar-refractivity contribution in [3.05, 3.63) is 64.7 Å². The second-order valence-electron chi connectivity index (χ2n) is 10.9. The molecule has 2 N–H and O–H groups in total. The number of nitrogens with zero attached hydrogens (tertiary/aromatic N) is 3. The first kappa shape index (κ1) is 27.7. The topological polar surface area (TPSA) is 76.1 Å². The van der Waals surface area contributed by atoms with E-state index in [0.29, 0.717) is 29.3 Å². The Morgan fingerprint density at radius 2 is 1.62 bits per heavy atom. The van der Waals surface area contributed by atoms with Crippen LogP contribution in [0.2, 0.25) is 5.02 Å². The number of alkyl halides is 3. The molecule has 0 aromatic heterocycles. The number of amides is 2. The van der Waals surface area contributed by atoms with Crippen molar-refractivity contribution in [2.75, 3.05) is 44.6 Å². The minimum absolute atomic E-state index is 0.0539. The van der Waals surface area contributed by atoms with Crippen LogP contribution in [0.5, 0.6) is 0 Å². The molecule has 3 aliphatic heterocycles. The van der Waals surface area contributed by atoms with Gasteiger partial charge in [0.05, 0.1) is 16.6 Å². The molecule has 210 valence electrons. The summed E-state index contributed by atoms with van der Waals surface area (Å²) < 4.78 is 41.7. The first-order chi connectivity index (χ1) is 18.5. The number of carbonyl (C=O) groups is 2. The van der Waals surface area contributed by atoms with Crippen LogP contribution in [0.25, 0.3) is 0 Å². The molecule has 1 atom stereocenters. The zero-order valence-corrected chi connectivity index (χ0v) is 22.4. The quantitative estimate of drug-likeness (QED) is 0.555. The maximum absolute atomic E-state index is 13.9. The van der Waals surface area contributed by atoms with E-state index in [0.717, 1.165) is 48.9 Å². The predicted octanol–water partition coefficient (Wildman–Crippen LogP) is 3.97. The highest BCUT2D eigenvalue weighted by atomic mass is 35.5. The van der Waals surface area contributed by atoms with Crippen molar-refractivity contribution in [3.63, 3.8) is 0 Å². The Morgan fingerprint density at radius 1 is 0.974 bits per heavy atom. The summed E-state index contributed by atoms with van der Waals surface area (Å²) >= 11 is 6.40. The lowest BCUT2D eigenvalue weighted by Crippen LogP contribution is -2.62. The number of nitrogens with one attached hydrogen (secondary N) is 1. The molecule has 39 heavy (non-hydrogen) atoms. The fraction of sp³-hybridized carbons (Fsp3) is 0.500. The van der Waals surface area contributed by atoms with Crippen LogP contribution in [-0.2, 0) is 10.4 Å². The lowest BCUT2D eigenvalue weighted by molar-refractivity contribution is -0.262. The summed E-state index contributed by atoms with van der Waals surface area (Å²) in [5.41, 5.74) is -2.72. The molecule has 2 aromatic carbocycles. The maximum atomic E-state index is 13.9. The van der Waals surface area contributed by atoms with Crippen LogP contribution < -0.4 is 5.32 Å². The number of aliphatic hydroxyl groups is 1. The van der Waals surface area contributed by atoms with Gasteiger partial charge in [-0.3, -0.25) is 14.5 Å². The van der Waals surface area contributed by atoms with E-state index in [9.17, 15) is 27.9 Å². The molecule has 3 heterocycles. The van der Waals surface area contributed by atoms with E-state index in [1.54, 1.807) is 17.0 Å². The average molecular weight is 565 g/mol. The van der Waals surface area contributed by atoms with Crippen molar-refractivity contribution in [1.29, 1.82) is 0 Å². The Bertz CT molecular complexity index is 1210. The van der Waals surface area contributed by atoms with Crippen LogP contribution in [-0.4, -0.2) is 89.1 Å². The molecule has 0 aliphatic carbocycles. The third-order valence-electron chi connectivity index (χ3n) is 8.01. The number of piperidine rings is 1. The molecule has 0 unspecified atom stereocenters. The smallest absolute Gasteiger partial charge is 0.380 e. The predicted molar refractivity (Wildman–Crippen MR) is 141 cm³/mol. The van der Waals surface area contributed by atoms with Gasteiger partial charge < -0.3 is 20.2 Å². The number of rotatable bonds is 6. The molecule has 2 aromatic rings. The van der Waals surface area contributed by atoms with E-state index < -0.39 is 23.2 Å². The Balaban J connectivity index is 1.12. The van der Waals surface area contributed by atoms with E-state index in [1.807, 2.05) is 6.07 Å². The zero-order valence-electron chi connectivity index (χ0n) is 21.6. The average Bonchev–Trinajstić information content (AvgIpc) is 2.87. The summed E-state index contributed by atoms with van der Waals surface area (Å²) in [4.78, 5) is 30.7. The second kappa shape index (κ2) is 10.6. The molecular weight excluding hydrogens is 533 g/mol. The zero-order chi connectivity index (χ0) is 27.9. The summed E-state index contributed by atoms with van der Waals surface area (Å²) in [7, 11) is 0. The number of anilines is 1. The van der Waals surface area contributed by atoms with Gasteiger partial charge in [0.25, 0.3) is 17.4 Å². The summed E-state index contributed by atoms with van der Waals surface area (Å²) in [6, 6.07) is 12.2. The van der Waals surface area contributed by atoms with Crippen molar-refractivity contribution < 1.29 is 27.9 Å². The van der Waals surface area contributed by atoms with Gasteiger partial charge in [-0.15, -0.1) is 0 Å². The van der Waals surface area contributed by atoms with Gasteiger partial charge in [0.15, 0.2) is 0 Å². The molecule has 3 fully saturated rings. The molecule has 11 heteroatoms. The largest absolute Gasteiger partial charge is 0.430 e. The Kier molecular flexibility index (Phi) is 7.56. The van der Waals surface area contributed by atoms with Crippen LogP contribution in [0.3, 0.4) is 0 Å². The van der Waals surface area contributed by atoms with Crippen molar-refractivity contribution in [2.24, 2.45) is 5.92 Å². The number of hydrogen-bond acceptors (Lipinski definition) is 5. The minimum atomic E-state index is -5.14. The lowest BCUT2D eigenvalue weighted by atomic mass is 9.89. The first-order valence-electron chi connectivity index (χ1n) is 13.2. The molecule has 0 bridgehead atoms. The van der Waals surface area contributed by atoms with Crippen LogP contribution >= 0.6 is 11.6 Å². The molecule has 0 saturated carbocycles. The summed E-state index contributed by atoms with van der Waals surface area (Å²) in [5, 5.41) is 14.4. The molecule has 5 rings (SSSR count). The fourth-order valence-electron chi connectivity index (χ4n) is 5.70. The molecule has 3 saturated heterocycles. The maximum Gasteiger partial charge on any atom is 0.430 e. The van der Waals surface area contributed by atoms with Gasteiger partial charge in [-0.05, 0) is 37.0 Å². The number of benzene rings is 2. The van der Waals surface area contributed by atoms with Gasteiger partial charge in [0.2, 0.25) is 0 Å². The Labute approximate surface area is 230 Å². The Morgan fingerprint density at radius 3 is 2.18 bits per heavy atom. The number of hydrogen-bond donors (Lipinski definition) is 2. The van der Waals surface area contributed by atoms with Gasteiger partial charge >= 0.3 is 6.18 Å². The van der Waals surface area contributed by atoms with E-state index in [-0.39, 0.29) is 31.1 Å². The first-order valence-corrected chi connectivity index (χ1v) is 13.6. The lowest BCUT2D eigenvalue weighted by Gasteiger charge is -2.48. The Hall–Kier alpha value is -2.82. The third kappa shape index (κ3) is 5.34. The van der Waals surface area contributed by atoms with Crippen molar-refractivity contribution in [3.8, 4) is 0 Å². The molecule has 2 amide bonds. The van der Waals surface area contributed by atoms with Gasteiger partial charge in [-0.25, -0.2) is 0 Å². The summed E-state index contributed by atoms with van der Waals surface area (Å²) in [5.74, 6) is -0.868. The number of likely N-dealkylation sites (tertiary alicyclic amines) is 3. The van der Waals surface area contributed by atoms with Crippen LogP contribution in [0.4, 0.5) is 18.9 Å². The van der Waals surface area contributed by atoms with Crippen LogP contribution in [0, 0.1) is 5.92 Å². The third-order valence-corrected chi connectivity index (χ3v) is 8.32. The van der Waals surface area contributed by atoms with E-state index in [4.69, 9.17) is 11.6 Å². The molecular formula is C28H32ClF3N4O3. The fourth-order valence-corrected chi connectivity index (χ4v) is 5.96. The highest BCUT2D eigenvalue weighted by Gasteiger charge is 2.62. The van der Waals surface area contributed by atoms with Crippen molar-refractivity contribution >= 4 is 29.1 Å². The SMILES string of the molecule is CC1CN(C(=O)c2ccc(NC3CN(C4CCN(C(=O)[C@](O)(c5ccccc5)C(F)(F)F)CC4)C3)cc2Cl)C1. The summed E-state index contributed by atoms with van der Waals surface area (Å²) in [6.07, 6.45) is -4.08. The van der Waals surface area contributed by atoms with Crippen LogP contribution in [0.15, 0.2) is 48.5 Å². The monoisotopic (exact) mass is 564 g/mol. The standard InChI is InChI=1S/C28H32ClF3N4O3/c1-18-14-36(15-18)25(37)23-8-7-20(13-24(23)29)33-21-16-35(17-21)22-9-11-34(12-10-22)26(38)27(39,28(30,31)32)19-5-3-2-4-6-19/h2-8,13,18,21-22,33,39H,9-12,14-17H2,1H3/t27-/m1/s1.